The molecule has 1 aromatic carbocycles. The molecule has 1 aromatic rings. The average molecular weight is 230 g/mol. The Hall–Kier alpha value is -1.23. The van der Waals surface area contributed by atoms with E-state index in [2.05, 4.69) is 0 Å². The summed E-state index contributed by atoms with van der Waals surface area (Å²) >= 11 is 0. The maximum atomic E-state index is 11.9. The predicted octanol–water partition coefficient (Wildman–Crippen LogP) is 1.39. The van der Waals surface area contributed by atoms with Crippen LogP contribution in [0, 0.1) is 0 Å². The van der Waals surface area contributed by atoms with Gasteiger partial charge in [0, 0.05) is 4.90 Å². The SMILES string of the molecule is O=C(O)Cc1ccc(S(=O)CCF)cc1. The average Bonchev–Trinajstić information content (AvgIpc) is 2.18. The van der Waals surface area contributed by atoms with Gasteiger partial charge >= 0.3 is 5.97 Å². The molecule has 0 radical (unpaired) electrons. The Morgan fingerprint density at radius 2 is 1.93 bits per heavy atom. The standard InChI is InChI=1S/C10H11FO3S/c11-5-6-15(14)9-3-1-8(2-4-9)7-10(12)13/h1-4H,5-7H2,(H,12,13). The van der Waals surface area contributed by atoms with Crippen LogP contribution in [0.2, 0.25) is 0 Å². The lowest BCUT2D eigenvalue weighted by atomic mass is 10.2. The van der Waals surface area contributed by atoms with E-state index in [1.165, 1.54) is 0 Å². The van der Waals surface area contributed by atoms with Crippen molar-refractivity contribution >= 4 is 16.8 Å². The summed E-state index contributed by atoms with van der Waals surface area (Å²) in [5.41, 5.74) is 0.642. The maximum absolute atomic E-state index is 11.9. The smallest absolute Gasteiger partial charge is 0.307 e. The van der Waals surface area contributed by atoms with Crippen molar-refractivity contribution in [3.8, 4) is 0 Å². The van der Waals surface area contributed by atoms with Crippen LogP contribution >= 0.6 is 0 Å². The number of aliphatic carboxylic acids is 1. The van der Waals surface area contributed by atoms with Crippen molar-refractivity contribution in [1.82, 2.24) is 0 Å². The third-order valence-corrected chi connectivity index (χ3v) is 3.13. The van der Waals surface area contributed by atoms with Crippen molar-refractivity contribution in [2.45, 2.75) is 11.3 Å². The minimum atomic E-state index is -1.33. The molecule has 0 saturated carbocycles. The summed E-state index contributed by atoms with van der Waals surface area (Å²) in [6.07, 6.45) is -0.0595. The number of benzene rings is 1. The molecule has 1 N–H and O–H groups in total. The van der Waals surface area contributed by atoms with E-state index in [0.29, 0.717) is 10.5 Å². The first-order valence-corrected chi connectivity index (χ1v) is 5.70. The molecule has 3 nitrogen and oxygen atoms in total. The monoisotopic (exact) mass is 230 g/mol. The highest BCUT2D eigenvalue weighted by atomic mass is 32.2. The molecule has 1 rings (SSSR count). The van der Waals surface area contributed by atoms with Crippen LogP contribution < -0.4 is 0 Å². The third kappa shape index (κ3) is 3.79. The molecule has 0 saturated heterocycles. The van der Waals surface area contributed by atoms with Crippen molar-refractivity contribution in [2.75, 3.05) is 12.4 Å². The fourth-order valence-electron chi connectivity index (χ4n) is 1.12. The first kappa shape index (κ1) is 11.8. The van der Waals surface area contributed by atoms with Gasteiger partial charge in [-0.25, -0.2) is 0 Å². The summed E-state index contributed by atoms with van der Waals surface area (Å²) in [5.74, 6) is -0.925. The van der Waals surface area contributed by atoms with Gasteiger partial charge in [-0.3, -0.25) is 13.4 Å². The van der Waals surface area contributed by atoms with Crippen molar-refractivity contribution in [2.24, 2.45) is 0 Å². The summed E-state index contributed by atoms with van der Waals surface area (Å²) < 4.78 is 23.2. The minimum absolute atomic E-state index is 0.0156. The van der Waals surface area contributed by atoms with Crippen LogP contribution in [0.25, 0.3) is 0 Å². The number of rotatable bonds is 5. The lowest BCUT2D eigenvalue weighted by molar-refractivity contribution is -0.136. The van der Waals surface area contributed by atoms with Crippen molar-refractivity contribution in [1.29, 1.82) is 0 Å². The molecule has 0 aliphatic heterocycles. The van der Waals surface area contributed by atoms with Gasteiger partial charge in [0.15, 0.2) is 0 Å². The van der Waals surface area contributed by atoms with Crippen LogP contribution in [-0.4, -0.2) is 27.7 Å². The molecular weight excluding hydrogens is 219 g/mol. The predicted molar refractivity (Wildman–Crippen MR) is 55.0 cm³/mol. The molecule has 5 heteroatoms. The number of carbonyl (C=O) groups is 1. The summed E-state index contributed by atoms with van der Waals surface area (Å²) in [4.78, 5) is 10.9. The van der Waals surface area contributed by atoms with Gasteiger partial charge in [-0.05, 0) is 17.7 Å². The van der Waals surface area contributed by atoms with E-state index in [9.17, 15) is 13.4 Å². The van der Waals surface area contributed by atoms with Crippen LogP contribution in [-0.2, 0) is 22.0 Å². The molecular formula is C10H11FO3S. The summed E-state index contributed by atoms with van der Waals surface area (Å²) in [6, 6.07) is 6.34. The van der Waals surface area contributed by atoms with Crippen LogP contribution in [0.4, 0.5) is 4.39 Å². The largest absolute Gasteiger partial charge is 0.481 e. The number of hydrogen-bond donors (Lipinski definition) is 1. The van der Waals surface area contributed by atoms with Gasteiger partial charge < -0.3 is 5.11 Å². The molecule has 0 aliphatic carbocycles. The van der Waals surface area contributed by atoms with Gasteiger partial charge in [-0.1, -0.05) is 12.1 Å². The second kappa shape index (κ2) is 5.60. The summed E-state index contributed by atoms with van der Waals surface area (Å²) in [7, 11) is -1.33. The van der Waals surface area contributed by atoms with Gasteiger partial charge in [-0.15, -0.1) is 0 Å². The fourth-order valence-corrected chi connectivity index (χ4v) is 1.94. The highest BCUT2D eigenvalue weighted by Gasteiger charge is 2.04. The molecule has 0 amide bonds. The maximum Gasteiger partial charge on any atom is 0.307 e. The lowest BCUT2D eigenvalue weighted by Gasteiger charge is -2.01. The number of halogens is 1. The molecule has 0 aliphatic rings. The number of hydrogen-bond acceptors (Lipinski definition) is 2. The second-order valence-corrected chi connectivity index (χ2v) is 4.52. The van der Waals surface area contributed by atoms with E-state index in [4.69, 9.17) is 5.11 Å². The Morgan fingerprint density at radius 1 is 1.33 bits per heavy atom. The molecule has 82 valence electrons. The van der Waals surface area contributed by atoms with Gasteiger partial charge in [0.2, 0.25) is 0 Å². The van der Waals surface area contributed by atoms with Crippen molar-refractivity contribution in [3.63, 3.8) is 0 Å². The number of carboxylic acids is 1. The molecule has 1 unspecified atom stereocenters. The zero-order valence-corrected chi connectivity index (χ0v) is 8.80. The molecule has 0 bridgehead atoms. The Bertz CT molecular complexity index is 361. The molecule has 0 aromatic heterocycles. The van der Waals surface area contributed by atoms with E-state index < -0.39 is 23.4 Å². The summed E-state index contributed by atoms with van der Waals surface area (Å²) in [6.45, 7) is -0.622. The minimum Gasteiger partial charge on any atom is -0.481 e. The first-order chi connectivity index (χ1) is 7.13. The number of alkyl halides is 1. The molecule has 1 atom stereocenters. The van der Waals surface area contributed by atoms with Crippen molar-refractivity contribution in [3.05, 3.63) is 29.8 Å². The highest BCUT2D eigenvalue weighted by molar-refractivity contribution is 7.85. The van der Waals surface area contributed by atoms with E-state index in [0.717, 1.165) is 0 Å². The lowest BCUT2D eigenvalue weighted by Crippen LogP contribution is -2.02. The number of carboxylic acid groups (broad SMARTS) is 1. The first-order valence-electron chi connectivity index (χ1n) is 4.38. The fraction of sp³-hybridized carbons (Fsp3) is 0.300. The molecule has 0 spiro atoms. The van der Waals surface area contributed by atoms with E-state index in [1.54, 1.807) is 24.3 Å². The van der Waals surface area contributed by atoms with Crippen molar-refractivity contribution < 1.29 is 18.5 Å². The van der Waals surface area contributed by atoms with E-state index in [1.807, 2.05) is 0 Å². The Balaban J connectivity index is 2.71. The van der Waals surface area contributed by atoms with Gasteiger partial charge in [0.1, 0.15) is 6.67 Å². The zero-order chi connectivity index (χ0) is 11.3. The zero-order valence-electron chi connectivity index (χ0n) is 7.98. The molecule has 15 heavy (non-hydrogen) atoms. The van der Waals surface area contributed by atoms with Crippen LogP contribution in [0.5, 0.6) is 0 Å². The van der Waals surface area contributed by atoms with Gasteiger partial charge in [0.05, 0.1) is 23.0 Å². The van der Waals surface area contributed by atoms with Crippen LogP contribution in [0.15, 0.2) is 29.2 Å². The summed E-state index contributed by atoms with van der Waals surface area (Å²) in [5, 5.41) is 8.52. The Kier molecular flexibility index (Phi) is 4.42. The van der Waals surface area contributed by atoms with E-state index >= 15 is 0 Å². The molecule has 0 fully saturated rings. The Morgan fingerprint density at radius 3 is 2.40 bits per heavy atom. The highest BCUT2D eigenvalue weighted by Crippen LogP contribution is 2.09. The molecule has 0 heterocycles. The topological polar surface area (TPSA) is 54.4 Å². The van der Waals surface area contributed by atoms with Gasteiger partial charge in [-0.2, -0.15) is 0 Å². The Labute approximate surface area is 89.4 Å². The van der Waals surface area contributed by atoms with E-state index in [-0.39, 0.29) is 12.2 Å². The second-order valence-electron chi connectivity index (χ2n) is 2.95. The normalized spacial score (nSPS) is 12.3. The quantitative estimate of drug-likeness (QED) is 0.831. The van der Waals surface area contributed by atoms with Crippen LogP contribution in [0.3, 0.4) is 0 Å². The van der Waals surface area contributed by atoms with Gasteiger partial charge in [0.25, 0.3) is 0 Å². The van der Waals surface area contributed by atoms with Crippen LogP contribution in [0.1, 0.15) is 5.56 Å². The third-order valence-electron chi connectivity index (χ3n) is 1.80.